The van der Waals surface area contributed by atoms with E-state index in [4.69, 9.17) is 11.6 Å². The molecule has 112 valence electrons. The van der Waals surface area contributed by atoms with Crippen molar-refractivity contribution in [2.45, 2.75) is 11.8 Å². The molecule has 0 unspecified atom stereocenters. The third-order valence-corrected chi connectivity index (χ3v) is 5.90. The van der Waals surface area contributed by atoms with Crippen molar-refractivity contribution >= 4 is 59.2 Å². The second kappa shape index (κ2) is 6.24. The van der Waals surface area contributed by atoms with E-state index < -0.39 is 15.8 Å². The molecule has 21 heavy (non-hydrogen) atoms. The highest BCUT2D eigenvalue weighted by molar-refractivity contribution is 9.10. The first kappa shape index (κ1) is 16.7. The minimum absolute atomic E-state index is 0.0292. The minimum Gasteiger partial charge on any atom is -0.279 e. The largest absolute Gasteiger partial charge is 0.279 e. The van der Waals surface area contributed by atoms with Gasteiger partial charge in [0, 0.05) is 4.47 Å². The number of hydrogen-bond donors (Lipinski definition) is 1. The molecule has 0 aliphatic rings. The van der Waals surface area contributed by atoms with E-state index in [9.17, 15) is 12.8 Å². The number of hydrogen-bond acceptors (Lipinski definition) is 2. The molecule has 0 heterocycles. The average Bonchev–Trinajstić information content (AvgIpc) is 2.39. The topological polar surface area (TPSA) is 46.2 Å². The van der Waals surface area contributed by atoms with Crippen molar-refractivity contribution in [1.29, 1.82) is 0 Å². The normalized spacial score (nSPS) is 11.5. The third-order valence-electron chi connectivity index (χ3n) is 2.71. The van der Waals surface area contributed by atoms with Gasteiger partial charge in [-0.05, 0) is 74.7 Å². The highest BCUT2D eigenvalue weighted by Gasteiger charge is 2.17. The predicted molar refractivity (Wildman–Crippen MR) is 88.8 cm³/mol. The zero-order valence-electron chi connectivity index (χ0n) is 10.6. The van der Waals surface area contributed by atoms with Crippen LogP contribution >= 0.6 is 43.5 Å². The van der Waals surface area contributed by atoms with E-state index in [1.807, 2.05) is 0 Å². The molecule has 0 spiro atoms. The van der Waals surface area contributed by atoms with Crippen LogP contribution in [0.15, 0.2) is 44.2 Å². The predicted octanol–water partition coefficient (Wildman–Crippen LogP) is 5.11. The lowest BCUT2D eigenvalue weighted by Gasteiger charge is -2.12. The van der Waals surface area contributed by atoms with Gasteiger partial charge in [0.05, 0.1) is 20.1 Å². The fourth-order valence-electron chi connectivity index (χ4n) is 1.60. The fourth-order valence-corrected chi connectivity index (χ4v) is 3.86. The lowest BCUT2D eigenvalue weighted by molar-refractivity contribution is 0.601. The SMILES string of the molecule is Cc1cc(Br)c(F)cc1NS(=O)(=O)c1ccc(Cl)c(Br)c1. The van der Waals surface area contributed by atoms with Gasteiger partial charge < -0.3 is 0 Å². The summed E-state index contributed by atoms with van der Waals surface area (Å²) < 4.78 is 41.3. The number of benzene rings is 2. The van der Waals surface area contributed by atoms with Crippen molar-refractivity contribution in [3.63, 3.8) is 0 Å². The van der Waals surface area contributed by atoms with E-state index in [0.717, 1.165) is 6.07 Å². The summed E-state index contributed by atoms with van der Waals surface area (Å²) in [7, 11) is -3.83. The molecule has 0 bridgehead atoms. The Morgan fingerprint density at radius 2 is 1.81 bits per heavy atom. The molecule has 2 aromatic carbocycles. The van der Waals surface area contributed by atoms with Crippen LogP contribution in [-0.4, -0.2) is 8.42 Å². The molecule has 0 aliphatic carbocycles. The molecule has 0 saturated carbocycles. The first-order valence-corrected chi connectivity index (χ1v) is 9.09. The molecule has 3 nitrogen and oxygen atoms in total. The molecular weight excluding hydrogens is 448 g/mol. The van der Waals surface area contributed by atoms with E-state index >= 15 is 0 Å². The third kappa shape index (κ3) is 3.77. The van der Waals surface area contributed by atoms with E-state index in [2.05, 4.69) is 36.6 Å². The fraction of sp³-hybridized carbons (Fsp3) is 0.0769. The van der Waals surface area contributed by atoms with Crippen molar-refractivity contribution in [2.75, 3.05) is 4.72 Å². The summed E-state index contributed by atoms with van der Waals surface area (Å²) in [5.74, 6) is -0.546. The van der Waals surface area contributed by atoms with Gasteiger partial charge in [0.25, 0.3) is 10.0 Å². The van der Waals surface area contributed by atoms with Crippen LogP contribution in [0.5, 0.6) is 0 Å². The van der Waals surface area contributed by atoms with Crippen LogP contribution in [0.3, 0.4) is 0 Å². The van der Waals surface area contributed by atoms with Crippen LogP contribution in [0.25, 0.3) is 0 Å². The van der Waals surface area contributed by atoms with Crippen molar-refractivity contribution in [3.8, 4) is 0 Å². The number of halogens is 4. The number of rotatable bonds is 3. The van der Waals surface area contributed by atoms with E-state index in [1.165, 1.54) is 24.3 Å². The van der Waals surface area contributed by atoms with Crippen molar-refractivity contribution in [2.24, 2.45) is 0 Å². The van der Waals surface area contributed by atoms with Gasteiger partial charge >= 0.3 is 0 Å². The van der Waals surface area contributed by atoms with Crippen LogP contribution in [-0.2, 0) is 10.0 Å². The molecule has 8 heteroatoms. The quantitative estimate of drug-likeness (QED) is 0.696. The molecule has 2 rings (SSSR count). The number of anilines is 1. The lowest BCUT2D eigenvalue weighted by atomic mass is 10.2. The molecule has 0 amide bonds. The molecular formula is C13H9Br2ClFNO2S. The van der Waals surface area contributed by atoms with Gasteiger partial charge in [0.1, 0.15) is 5.82 Å². The maximum Gasteiger partial charge on any atom is 0.261 e. The Morgan fingerprint density at radius 1 is 1.14 bits per heavy atom. The first-order chi connectivity index (χ1) is 9.70. The summed E-state index contributed by atoms with van der Waals surface area (Å²) in [6.07, 6.45) is 0. The maximum atomic E-state index is 13.5. The maximum absolute atomic E-state index is 13.5. The molecule has 1 N–H and O–H groups in total. The summed E-state index contributed by atoms with van der Waals surface area (Å²) in [5.41, 5.74) is 0.779. The van der Waals surface area contributed by atoms with Crippen LogP contribution in [0, 0.1) is 12.7 Å². The molecule has 2 aromatic rings. The van der Waals surface area contributed by atoms with Crippen molar-refractivity contribution < 1.29 is 12.8 Å². The monoisotopic (exact) mass is 455 g/mol. The van der Waals surface area contributed by atoms with E-state index in [1.54, 1.807) is 6.92 Å². The van der Waals surface area contributed by atoms with E-state index in [-0.39, 0.29) is 15.1 Å². The van der Waals surface area contributed by atoms with Gasteiger partial charge in [0.15, 0.2) is 0 Å². The van der Waals surface area contributed by atoms with Gasteiger partial charge in [-0.3, -0.25) is 4.72 Å². The van der Waals surface area contributed by atoms with Gasteiger partial charge in [-0.15, -0.1) is 0 Å². The molecule has 0 fully saturated rings. The van der Waals surface area contributed by atoms with Crippen molar-refractivity contribution in [1.82, 2.24) is 0 Å². The first-order valence-electron chi connectivity index (χ1n) is 5.64. The Bertz CT molecular complexity index is 812. The Balaban J connectivity index is 2.42. The summed E-state index contributed by atoms with van der Waals surface area (Å²) >= 11 is 12.1. The Morgan fingerprint density at radius 3 is 2.43 bits per heavy atom. The number of nitrogens with one attached hydrogen (secondary N) is 1. The lowest BCUT2D eigenvalue weighted by Crippen LogP contribution is -2.14. The molecule has 0 saturated heterocycles. The summed E-state index contributed by atoms with van der Waals surface area (Å²) in [6.45, 7) is 1.68. The summed E-state index contributed by atoms with van der Waals surface area (Å²) in [6, 6.07) is 6.86. The van der Waals surface area contributed by atoms with Gasteiger partial charge in [-0.1, -0.05) is 11.6 Å². The van der Waals surface area contributed by atoms with Gasteiger partial charge in [-0.25, -0.2) is 12.8 Å². The zero-order chi connectivity index (χ0) is 15.8. The zero-order valence-corrected chi connectivity index (χ0v) is 15.4. The highest BCUT2D eigenvalue weighted by Crippen LogP contribution is 2.28. The van der Waals surface area contributed by atoms with Gasteiger partial charge in [-0.2, -0.15) is 0 Å². The standard InChI is InChI=1S/C13H9Br2ClFNO2S/c1-7-4-10(15)12(17)6-13(7)18-21(19,20)8-2-3-11(16)9(14)5-8/h2-6,18H,1H3. The number of sulfonamides is 1. The van der Waals surface area contributed by atoms with Crippen LogP contribution in [0.4, 0.5) is 10.1 Å². The Labute approximate surface area is 143 Å². The molecule has 0 atom stereocenters. The average molecular weight is 458 g/mol. The van der Waals surface area contributed by atoms with Crippen molar-refractivity contribution in [3.05, 3.63) is 55.7 Å². The molecule has 0 aromatic heterocycles. The highest BCUT2D eigenvalue weighted by atomic mass is 79.9. The molecule has 0 radical (unpaired) electrons. The minimum atomic E-state index is -3.83. The summed E-state index contributed by atoms with van der Waals surface area (Å²) in [4.78, 5) is 0.0292. The second-order valence-electron chi connectivity index (χ2n) is 4.26. The smallest absolute Gasteiger partial charge is 0.261 e. The van der Waals surface area contributed by atoms with Crippen LogP contribution < -0.4 is 4.72 Å². The summed E-state index contributed by atoms with van der Waals surface area (Å²) in [5, 5.41) is 0.403. The Hall–Kier alpha value is -0.630. The van der Waals surface area contributed by atoms with Gasteiger partial charge in [0.2, 0.25) is 0 Å². The number of aryl methyl sites for hydroxylation is 1. The molecule has 0 aliphatic heterocycles. The second-order valence-corrected chi connectivity index (χ2v) is 8.06. The van der Waals surface area contributed by atoms with Crippen LogP contribution in [0.2, 0.25) is 5.02 Å². The Kier molecular flexibility index (Phi) is 4.97. The van der Waals surface area contributed by atoms with Crippen LogP contribution in [0.1, 0.15) is 5.56 Å². The van der Waals surface area contributed by atoms with E-state index in [0.29, 0.717) is 15.1 Å².